The summed E-state index contributed by atoms with van der Waals surface area (Å²) in [6.07, 6.45) is 1.49. The van der Waals surface area contributed by atoms with Crippen LogP contribution >= 0.6 is 11.6 Å². The van der Waals surface area contributed by atoms with Crippen LogP contribution < -0.4 is 10.2 Å². The van der Waals surface area contributed by atoms with E-state index >= 15 is 0 Å². The monoisotopic (exact) mass is 434 g/mol. The van der Waals surface area contributed by atoms with Crippen molar-refractivity contribution in [2.24, 2.45) is 5.10 Å². The summed E-state index contributed by atoms with van der Waals surface area (Å²) in [6, 6.07) is 20.9. The standard InChI is InChI=1S/C25H23ClN2O3/c1-25(2,3)19-12-10-18(11-13-19)24(30)31-20-14-8-17(9-15-20)16-27-28-23(29)21-6-4-5-7-22(21)26/h4-16H,1-3H3,(H,28,29)/b27-16+. The van der Waals surface area contributed by atoms with E-state index in [2.05, 4.69) is 31.3 Å². The number of nitrogens with zero attached hydrogens (tertiary/aromatic N) is 1. The average Bonchev–Trinajstić information content (AvgIpc) is 2.74. The number of hydrazone groups is 1. The second kappa shape index (κ2) is 9.58. The maximum atomic E-state index is 12.4. The molecule has 0 radical (unpaired) electrons. The Morgan fingerprint density at radius 2 is 1.58 bits per heavy atom. The molecule has 0 unspecified atom stereocenters. The van der Waals surface area contributed by atoms with E-state index in [4.69, 9.17) is 16.3 Å². The van der Waals surface area contributed by atoms with Gasteiger partial charge in [0.15, 0.2) is 0 Å². The second-order valence-corrected chi connectivity index (χ2v) is 8.37. The van der Waals surface area contributed by atoms with Crippen LogP contribution in [0.5, 0.6) is 5.75 Å². The largest absolute Gasteiger partial charge is 0.423 e. The smallest absolute Gasteiger partial charge is 0.343 e. The maximum Gasteiger partial charge on any atom is 0.343 e. The molecule has 0 aromatic heterocycles. The summed E-state index contributed by atoms with van der Waals surface area (Å²) in [6.45, 7) is 6.36. The Bertz CT molecular complexity index is 1100. The Balaban J connectivity index is 1.57. The quantitative estimate of drug-likeness (QED) is 0.245. The lowest BCUT2D eigenvalue weighted by molar-refractivity contribution is 0.0734. The lowest BCUT2D eigenvalue weighted by Gasteiger charge is -2.18. The zero-order chi connectivity index (χ0) is 22.4. The van der Waals surface area contributed by atoms with Gasteiger partial charge >= 0.3 is 5.97 Å². The highest BCUT2D eigenvalue weighted by molar-refractivity contribution is 6.33. The van der Waals surface area contributed by atoms with Crippen LogP contribution in [0.4, 0.5) is 0 Å². The number of halogens is 1. The molecule has 0 aliphatic rings. The molecule has 0 fully saturated rings. The summed E-state index contributed by atoms with van der Waals surface area (Å²) in [4.78, 5) is 24.4. The van der Waals surface area contributed by atoms with Crippen LogP contribution in [0.25, 0.3) is 0 Å². The van der Waals surface area contributed by atoms with Crippen molar-refractivity contribution in [3.63, 3.8) is 0 Å². The fourth-order valence-corrected chi connectivity index (χ4v) is 2.99. The van der Waals surface area contributed by atoms with E-state index in [0.29, 0.717) is 21.9 Å². The van der Waals surface area contributed by atoms with Crippen LogP contribution in [0.2, 0.25) is 5.02 Å². The molecule has 5 nitrogen and oxygen atoms in total. The third kappa shape index (κ3) is 6.03. The number of carbonyl (C=O) groups excluding carboxylic acids is 2. The van der Waals surface area contributed by atoms with Crippen molar-refractivity contribution in [2.75, 3.05) is 0 Å². The van der Waals surface area contributed by atoms with E-state index < -0.39 is 11.9 Å². The van der Waals surface area contributed by atoms with Crippen LogP contribution in [-0.4, -0.2) is 18.1 Å². The van der Waals surface area contributed by atoms with Gasteiger partial charge in [-0.25, -0.2) is 10.2 Å². The molecule has 0 heterocycles. The summed E-state index contributed by atoms with van der Waals surface area (Å²) in [5.74, 6) is -0.402. The van der Waals surface area contributed by atoms with Gasteiger partial charge in [0, 0.05) is 0 Å². The summed E-state index contributed by atoms with van der Waals surface area (Å²) in [5, 5.41) is 4.29. The topological polar surface area (TPSA) is 67.8 Å². The minimum atomic E-state index is -0.422. The average molecular weight is 435 g/mol. The van der Waals surface area contributed by atoms with Gasteiger partial charge in [0.05, 0.1) is 22.4 Å². The van der Waals surface area contributed by atoms with Gasteiger partial charge < -0.3 is 4.74 Å². The molecule has 0 aliphatic carbocycles. The van der Waals surface area contributed by atoms with Crippen molar-refractivity contribution < 1.29 is 14.3 Å². The second-order valence-electron chi connectivity index (χ2n) is 7.96. The number of amides is 1. The Kier molecular flexibility index (Phi) is 6.88. The van der Waals surface area contributed by atoms with Gasteiger partial charge in [-0.2, -0.15) is 5.10 Å². The van der Waals surface area contributed by atoms with Crippen molar-refractivity contribution in [3.8, 4) is 5.75 Å². The van der Waals surface area contributed by atoms with Gasteiger partial charge in [-0.1, -0.05) is 56.6 Å². The van der Waals surface area contributed by atoms with Gasteiger partial charge in [0.2, 0.25) is 0 Å². The normalized spacial score (nSPS) is 11.4. The number of carbonyl (C=O) groups is 2. The van der Waals surface area contributed by atoms with E-state index in [1.807, 2.05) is 12.1 Å². The summed E-state index contributed by atoms with van der Waals surface area (Å²) >= 11 is 5.99. The minimum Gasteiger partial charge on any atom is -0.423 e. The SMILES string of the molecule is CC(C)(C)c1ccc(C(=O)Oc2ccc(/C=N/NC(=O)c3ccccc3Cl)cc2)cc1. The van der Waals surface area contributed by atoms with E-state index in [-0.39, 0.29) is 5.41 Å². The number of hydrogen-bond acceptors (Lipinski definition) is 4. The minimum absolute atomic E-state index is 0.0205. The number of esters is 1. The first kappa shape index (κ1) is 22.2. The Labute approximate surface area is 186 Å². The molecular weight excluding hydrogens is 412 g/mol. The highest BCUT2D eigenvalue weighted by Gasteiger charge is 2.15. The van der Waals surface area contributed by atoms with Gasteiger partial charge in [0.25, 0.3) is 5.91 Å². The Hall–Kier alpha value is -3.44. The molecule has 0 saturated heterocycles. The lowest BCUT2D eigenvalue weighted by Crippen LogP contribution is -2.17. The molecule has 0 aliphatic heterocycles. The molecule has 3 aromatic rings. The lowest BCUT2D eigenvalue weighted by atomic mass is 9.87. The predicted octanol–water partition coefficient (Wildman–Crippen LogP) is 5.62. The first-order valence-corrected chi connectivity index (χ1v) is 10.1. The zero-order valence-corrected chi connectivity index (χ0v) is 18.3. The number of benzene rings is 3. The van der Waals surface area contributed by atoms with Crippen LogP contribution in [0, 0.1) is 0 Å². The highest BCUT2D eigenvalue weighted by Crippen LogP contribution is 2.23. The molecule has 0 spiro atoms. The third-order valence-electron chi connectivity index (χ3n) is 4.58. The third-order valence-corrected chi connectivity index (χ3v) is 4.91. The number of ether oxygens (including phenoxy) is 1. The molecule has 3 aromatic carbocycles. The van der Waals surface area contributed by atoms with E-state index in [1.54, 1.807) is 60.7 Å². The van der Waals surface area contributed by atoms with Crippen LogP contribution in [0.15, 0.2) is 77.9 Å². The van der Waals surface area contributed by atoms with Gasteiger partial charge in [-0.05, 0) is 65.1 Å². The van der Waals surface area contributed by atoms with E-state index in [9.17, 15) is 9.59 Å². The first-order valence-electron chi connectivity index (χ1n) is 9.75. The van der Waals surface area contributed by atoms with Crippen molar-refractivity contribution in [2.45, 2.75) is 26.2 Å². The molecule has 0 bridgehead atoms. The van der Waals surface area contributed by atoms with Crippen LogP contribution in [0.1, 0.15) is 52.6 Å². The maximum absolute atomic E-state index is 12.4. The van der Waals surface area contributed by atoms with Crippen molar-refractivity contribution in [1.29, 1.82) is 0 Å². The summed E-state index contributed by atoms with van der Waals surface area (Å²) < 4.78 is 5.43. The van der Waals surface area contributed by atoms with E-state index in [0.717, 1.165) is 11.1 Å². The summed E-state index contributed by atoms with van der Waals surface area (Å²) in [7, 11) is 0. The summed E-state index contributed by atoms with van der Waals surface area (Å²) in [5.41, 5.74) is 5.16. The molecule has 0 saturated carbocycles. The van der Waals surface area contributed by atoms with Crippen LogP contribution in [-0.2, 0) is 5.41 Å². The number of rotatable bonds is 5. The first-order chi connectivity index (χ1) is 14.7. The fourth-order valence-electron chi connectivity index (χ4n) is 2.77. The molecular formula is C25H23ClN2O3. The highest BCUT2D eigenvalue weighted by atomic mass is 35.5. The van der Waals surface area contributed by atoms with Crippen molar-refractivity contribution in [3.05, 3.63) is 100 Å². The molecule has 3 rings (SSSR count). The fraction of sp³-hybridized carbons (Fsp3) is 0.160. The van der Waals surface area contributed by atoms with Crippen LogP contribution in [0.3, 0.4) is 0 Å². The number of hydrogen-bond donors (Lipinski definition) is 1. The molecule has 6 heteroatoms. The molecule has 1 amide bonds. The van der Waals surface area contributed by atoms with Crippen molar-refractivity contribution in [1.82, 2.24) is 5.43 Å². The Morgan fingerprint density at radius 1 is 0.935 bits per heavy atom. The van der Waals surface area contributed by atoms with Gasteiger partial charge in [-0.15, -0.1) is 0 Å². The molecule has 158 valence electrons. The van der Waals surface area contributed by atoms with Crippen molar-refractivity contribution >= 4 is 29.7 Å². The van der Waals surface area contributed by atoms with Gasteiger partial charge in [-0.3, -0.25) is 4.79 Å². The molecule has 31 heavy (non-hydrogen) atoms. The number of nitrogens with one attached hydrogen (secondary N) is 1. The predicted molar refractivity (Wildman–Crippen MR) is 123 cm³/mol. The zero-order valence-electron chi connectivity index (χ0n) is 17.6. The molecule has 0 atom stereocenters. The van der Waals surface area contributed by atoms with E-state index in [1.165, 1.54) is 6.21 Å². The molecule has 1 N–H and O–H groups in total. The Morgan fingerprint density at radius 3 is 2.19 bits per heavy atom. The van der Waals surface area contributed by atoms with Gasteiger partial charge in [0.1, 0.15) is 5.75 Å².